The summed E-state index contributed by atoms with van der Waals surface area (Å²) in [6.45, 7) is 0. The summed E-state index contributed by atoms with van der Waals surface area (Å²) in [5, 5.41) is 12.7. The molecule has 0 radical (unpaired) electrons. The summed E-state index contributed by atoms with van der Waals surface area (Å²) in [6.07, 6.45) is 3.28. The van der Waals surface area contributed by atoms with Gasteiger partial charge >= 0.3 is 5.97 Å². The van der Waals surface area contributed by atoms with Gasteiger partial charge in [0.05, 0.1) is 11.7 Å². The van der Waals surface area contributed by atoms with Gasteiger partial charge in [-0.2, -0.15) is 0 Å². The Morgan fingerprint density at radius 2 is 1.90 bits per heavy atom. The molecule has 1 saturated carbocycles. The van der Waals surface area contributed by atoms with Crippen molar-refractivity contribution in [3.8, 4) is 0 Å². The summed E-state index contributed by atoms with van der Waals surface area (Å²) in [5.41, 5.74) is 0. The van der Waals surface area contributed by atoms with Crippen molar-refractivity contribution in [3.05, 3.63) is 29.3 Å². The van der Waals surface area contributed by atoms with Gasteiger partial charge in [0, 0.05) is 16.0 Å². The van der Waals surface area contributed by atoms with E-state index in [-0.39, 0.29) is 17.7 Å². The third-order valence-corrected chi connectivity index (χ3v) is 4.88. The molecule has 0 heterocycles. The Bertz CT molecular complexity index is 506. The number of halogens is 1. The number of nitrogens with one attached hydrogen (secondary N) is 1. The van der Waals surface area contributed by atoms with Crippen LogP contribution in [0.15, 0.2) is 29.2 Å². The lowest BCUT2D eigenvalue weighted by Gasteiger charge is -2.29. The number of amides is 1. The second-order valence-electron chi connectivity index (χ2n) is 5.15. The van der Waals surface area contributed by atoms with Gasteiger partial charge in [-0.05, 0) is 37.1 Å². The van der Waals surface area contributed by atoms with E-state index in [0.29, 0.717) is 11.4 Å². The van der Waals surface area contributed by atoms with Crippen molar-refractivity contribution in [2.45, 2.75) is 36.6 Å². The summed E-state index contributed by atoms with van der Waals surface area (Å²) in [7, 11) is 0. The van der Waals surface area contributed by atoms with E-state index in [9.17, 15) is 14.7 Å². The van der Waals surface area contributed by atoms with Crippen LogP contribution in [-0.2, 0) is 9.59 Å². The van der Waals surface area contributed by atoms with E-state index in [1.165, 1.54) is 11.8 Å². The van der Waals surface area contributed by atoms with Gasteiger partial charge in [-0.1, -0.05) is 24.4 Å². The van der Waals surface area contributed by atoms with E-state index in [4.69, 9.17) is 11.6 Å². The van der Waals surface area contributed by atoms with Crippen molar-refractivity contribution in [2.24, 2.45) is 5.92 Å². The third kappa shape index (κ3) is 4.93. The molecule has 1 aromatic rings. The molecule has 2 unspecified atom stereocenters. The molecule has 1 aromatic carbocycles. The summed E-state index contributed by atoms with van der Waals surface area (Å²) in [4.78, 5) is 24.1. The minimum atomic E-state index is -0.814. The highest BCUT2D eigenvalue weighted by molar-refractivity contribution is 8.00. The molecule has 1 fully saturated rings. The molecular weight excluding hydrogens is 310 g/mol. The Morgan fingerprint density at radius 1 is 1.24 bits per heavy atom. The Kier molecular flexibility index (Phi) is 5.94. The van der Waals surface area contributed by atoms with Crippen molar-refractivity contribution < 1.29 is 14.7 Å². The zero-order chi connectivity index (χ0) is 15.2. The van der Waals surface area contributed by atoms with Gasteiger partial charge in [0.25, 0.3) is 0 Å². The summed E-state index contributed by atoms with van der Waals surface area (Å²) >= 11 is 7.22. The molecule has 4 nitrogen and oxygen atoms in total. The summed E-state index contributed by atoms with van der Waals surface area (Å²) in [6, 6.07) is 7.05. The first-order chi connectivity index (χ1) is 10.1. The van der Waals surface area contributed by atoms with E-state index in [1.807, 2.05) is 12.1 Å². The molecule has 0 aromatic heterocycles. The Balaban J connectivity index is 1.83. The highest BCUT2D eigenvalue weighted by Gasteiger charge is 2.31. The smallest absolute Gasteiger partial charge is 0.308 e. The average Bonchev–Trinajstić information content (AvgIpc) is 2.47. The largest absolute Gasteiger partial charge is 0.481 e. The van der Waals surface area contributed by atoms with Crippen molar-refractivity contribution in [1.29, 1.82) is 0 Å². The summed E-state index contributed by atoms with van der Waals surface area (Å²) < 4.78 is 0. The van der Waals surface area contributed by atoms with E-state index >= 15 is 0 Å². The highest BCUT2D eigenvalue weighted by atomic mass is 35.5. The van der Waals surface area contributed by atoms with Crippen LogP contribution >= 0.6 is 23.4 Å². The molecule has 0 spiro atoms. The van der Waals surface area contributed by atoms with Gasteiger partial charge in [-0.15, -0.1) is 11.8 Å². The minimum absolute atomic E-state index is 0.118. The maximum absolute atomic E-state index is 12.0. The van der Waals surface area contributed by atoms with Crippen LogP contribution in [0.2, 0.25) is 5.02 Å². The molecule has 1 amide bonds. The molecule has 114 valence electrons. The number of carbonyl (C=O) groups is 2. The first-order valence-electron chi connectivity index (χ1n) is 6.97. The van der Waals surface area contributed by atoms with Crippen LogP contribution in [0, 0.1) is 5.92 Å². The molecule has 21 heavy (non-hydrogen) atoms. The van der Waals surface area contributed by atoms with Crippen LogP contribution in [0.5, 0.6) is 0 Å². The number of carbonyl (C=O) groups excluding carboxylic acids is 1. The normalized spacial score (nSPS) is 21.8. The quantitative estimate of drug-likeness (QED) is 0.815. The Hall–Kier alpha value is -1.20. The standard InChI is InChI=1S/C15H18ClNO3S/c16-10-5-7-11(8-6-10)21-9-14(18)17-13-4-2-1-3-12(13)15(19)20/h5-8,12-13H,1-4,9H2,(H,17,18)(H,19,20). The van der Waals surface area contributed by atoms with Gasteiger partial charge < -0.3 is 10.4 Å². The molecular formula is C15H18ClNO3S. The molecule has 0 bridgehead atoms. The van der Waals surface area contributed by atoms with E-state index in [0.717, 1.165) is 24.2 Å². The SMILES string of the molecule is O=C(CSc1ccc(Cl)cc1)NC1CCCCC1C(=O)O. The average molecular weight is 328 g/mol. The number of aliphatic carboxylic acids is 1. The molecule has 0 saturated heterocycles. The van der Waals surface area contributed by atoms with Gasteiger partial charge in [-0.3, -0.25) is 9.59 Å². The zero-order valence-electron chi connectivity index (χ0n) is 11.5. The second kappa shape index (κ2) is 7.71. The lowest BCUT2D eigenvalue weighted by molar-refractivity contribution is -0.144. The highest BCUT2D eigenvalue weighted by Crippen LogP contribution is 2.25. The van der Waals surface area contributed by atoms with Gasteiger partial charge in [0.2, 0.25) is 5.91 Å². The number of carboxylic acids is 1. The first-order valence-corrected chi connectivity index (χ1v) is 8.33. The van der Waals surface area contributed by atoms with Crippen LogP contribution in [0.3, 0.4) is 0 Å². The van der Waals surface area contributed by atoms with Crippen molar-refractivity contribution in [1.82, 2.24) is 5.32 Å². The number of thioether (sulfide) groups is 1. The topological polar surface area (TPSA) is 66.4 Å². The third-order valence-electron chi connectivity index (χ3n) is 3.61. The fraction of sp³-hybridized carbons (Fsp3) is 0.467. The molecule has 0 aliphatic heterocycles. The van der Waals surface area contributed by atoms with Crippen LogP contribution in [-0.4, -0.2) is 28.8 Å². The van der Waals surface area contributed by atoms with Gasteiger partial charge in [-0.25, -0.2) is 0 Å². The summed E-state index contributed by atoms with van der Waals surface area (Å²) in [5.74, 6) is -1.11. The Morgan fingerprint density at radius 3 is 2.57 bits per heavy atom. The molecule has 1 aliphatic rings. The predicted octanol–water partition coefficient (Wildman–Crippen LogP) is 3.19. The number of carboxylic acid groups (broad SMARTS) is 1. The van der Waals surface area contributed by atoms with Crippen molar-refractivity contribution >= 4 is 35.2 Å². The van der Waals surface area contributed by atoms with E-state index in [1.54, 1.807) is 12.1 Å². The van der Waals surface area contributed by atoms with Crippen LogP contribution < -0.4 is 5.32 Å². The number of rotatable bonds is 5. The fourth-order valence-electron chi connectivity index (χ4n) is 2.53. The number of hydrogen-bond acceptors (Lipinski definition) is 3. The van der Waals surface area contributed by atoms with E-state index in [2.05, 4.69) is 5.32 Å². The minimum Gasteiger partial charge on any atom is -0.481 e. The molecule has 6 heteroatoms. The van der Waals surface area contributed by atoms with Crippen LogP contribution in [0.25, 0.3) is 0 Å². The monoisotopic (exact) mass is 327 g/mol. The molecule has 2 rings (SSSR count). The fourth-order valence-corrected chi connectivity index (χ4v) is 3.36. The predicted molar refractivity (Wildman–Crippen MR) is 83.7 cm³/mol. The lowest BCUT2D eigenvalue weighted by atomic mass is 9.84. The zero-order valence-corrected chi connectivity index (χ0v) is 13.1. The Labute approximate surface area is 133 Å². The second-order valence-corrected chi connectivity index (χ2v) is 6.63. The van der Waals surface area contributed by atoms with Gasteiger partial charge in [0.1, 0.15) is 0 Å². The maximum Gasteiger partial charge on any atom is 0.308 e. The van der Waals surface area contributed by atoms with Crippen LogP contribution in [0.1, 0.15) is 25.7 Å². The number of benzene rings is 1. The van der Waals surface area contributed by atoms with Crippen LogP contribution in [0.4, 0.5) is 0 Å². The first kappa shape index (κ1) is 16.2. The number of hydrogen-bond donors (Lipinski definition) is 2. The lowest BCUT2D eigenvalue weighted by Crippen LogP contribution is -2.45. The maximum atomic E-state index is 12.0. The molecule has 1 aliphatic carbocycles. The molecule has 2 N–H and O–H groups in total. The molecule has 2 atom stereocenters. The van der Waals surface area contributed by atoms with Crippen molar-refractivity contribution in [3.63, 3.8) is 0 Å². The van der Waals surface area contributed by atoms with E-state index < -0.39 is 11.9 Å². The van der Waals surface area contributed by atoms with Gasteiger partial charge in [0.15, 0.2) is 0 Å². The van der Waals surface area contributed by atoms with Crippen molar-refractivity contribution in [2.75, 3.05) is 5.75 Å².